The van der Waals surface area contributed by atoms with E-state index in [0.717, 1.165) is 23.3 Å². The van der Waals surface area contributed by atoms with Gasteiger partial charge in [-0.1, -0.05) is 44.3 Å². The van der Waals surface area contributed by atoms with Crippen molar-refractivity contribution in [3.8, 4) is 5.19 Å². The van der Waals surface area contributed by atoms with E-state index in [0.29, 0.717) is 27.3 Å². The molecule has 0 aromatic carbocycles. The third-order valence-electron chi connectivity index (χ3n) is 10.0. The van der Waals surface area contributed by atoms with Crippen LogP contribution in [0, 0.1) is 41.4 Å². The van der Waals surface area contributed by atoms with Crippen LogP contribution in [0.25, 0.3) is 0 Å². The maximum absolute atomic E-state index is 14.7. The molecule has 4 aliphatic carbocycles. The van der Waals surface area contributed by atoms with E-state index in [9.17, 15) is 14.7 Å². The van der Waals surface area contributed by atoms with Gasteiger partial charge in [0.25, 0.3) is 5.19 Å². The summed E-state index contributed by atoms with van der Waals surface area (Å²) in [7, 11) is 1.49. The van der Waals surface area contributed by atoms with Crippen LogP contribution in [0.5, 0.6) is 5.19 Å². The number of aryl methyl sites for hydroxylation is 1. The highest BCUT2D eigenvalue weighted by Crippen LogP contribution is 2.72. The molecule has 8 nitrogen and oxygen atoms in total. The summed E-state index contributed by atoms with van der Waals surface area (Å²) in [5.74, 6) is -1.62. The topological polar surface area (TPSA) is 104 Å². The Morgan fingerprint density at radius 2 is 1.95 bits per heavy atom. The van der Waals surface area contributed by atoms with Crippen LogP contribution < -0.4 is 4.74 Å². The molecule has 1 N–H and O–H groups in total. The molecule has 1 saturated heterocycles. The number of allylic oxidation sites excluding steroid dienone is 1. The van der Waals surface area contributed by atoms with E-state index in [1.165, 1.54) is 7.11 Å². The summed E-state index contributed by atoms with van der Waals surface area (Å²) in [5, 5.41) is 13.4. The Morgan fingerprint density at radius 1 is 1.24 bits per heavy atom. The van der Waals surface area contributed by atoms with Crippen molar-refractivity contribution >= 4 is 23.1 Å². The molecule has 206 valence electrons. The van der Waals surface area contributed by atoms with Gasteiger partial charge < -0.3 is 24.1 Å². The fourth-order valence-electron chi connectivity index (χ4n) is 8.11. The van der Waals surface area contributed by atoms with Gasteiger partial charge in [0, 0.05) is 5.92 Å². The van der Waals surface area contributed by atoms with E-state index in [-0.39, 0.29) is 35.6 Å². The van der Waals surface area contributed by atoms with Crippen molar-refractivity contribution < 1.29 is 33.6 Å². The number of nitrogens with zero attached hydrogens (tertiary/aromatic N) is 1. The molecule has 0 unspecified atom stereocenters. The van der Waals surface area contributed by atoms with Crippen molar-refractivity contribution in [2.45, 2.75) is 78.5 Å². The molecule has 8 atom stereocenters. The standard InChI is InChI=1S/C29H37NO7S/c1-13-11-28-14(2)9-18-19(26(18,4)5)17(21(28)31)10-16-12-35-27(6,7)37-23(16)29(28,33)22(13)36-24(32)20-15(3)30-25(34-8)38-20/h10-11,14,17-19,22-23,33H,9,12H2,1-8H3/t14-,17+,18-,19+,22+,23-,28+,29-/m1/s1. The van der Waals surface area contributed by atoms with E-state index in [4.69, 9.17) is 18.9 Å². The number of hydrogen-bond donors (Lipinski definition) is 1. The minimum absolute atomic E-state index is 0.0116. The molecule has 1 aromatic heterocycles. The number of methoxy groups -OCH3 is 1. The van der Waals surface area contributed by atoms with Gasteiger partial charge in [0.2, 0.25) is 0 Å². The summed E-state index contributed by atoms with van der Waals surface area (Å²) in [6.45, 7) is 13.9. The molecule has 0 radical (unpaired) electrons. The SMILES string of the molecule is COc1nc(C)c(C(=O)O[C@H]2C(C)=C[C@]34C(=O)[C@@H](C=C5COC(C)(C)O[C@H]5[C@]23O)[C@H]2[C@@H](C[C@H]4C)C2(C)C)s1. The van der Waals surface area contributed by atoms with Gasteiger partial charge >= 0.3 is 5.97 Å². The Hall–Kier alpha value is -2.07. The molecule has 1 aliphatic heterocycles. The van der Waals surface area contributed by atoms with E-state index in [2.05, 4.69) is 25.8 Å². The second-order valence-corrected chi connectivity index (χ2v) is 13.8. The van der Waals surface area contributed by atoms with Crippen LogP contribution in [0.4, 0.5) is 0 Å². The van der Waals surface area contributed by atoms with Gasteiger partial charge in [0.05, 0.1) is 24.8 Å². The number of ether oxygens (including phenoxy) is 4. The first-order valence-electron chi connectivity index (χ1n) is 13.4. The third kappa shape index (κ3) is 3.22. The summed E-state index contributed by atoms with van der Waals surface area (Å²) in [6.07, 6.45) is 2.73. The molecule has 38 heavy (non-hydrogen) atoms. The van der Waals surface area contributed by atoms with Crippen LogP contribution in [-0.4, -0.2) is 59.2 Å². The first-order valence-corrected chi connectivity index (χ1v) is 14.2. The Labute approximate surface area is 227 Å². The highest BCUT2D eigenvalue weighted by Gasteiger charge is 2.77. The van der Waals surface area contributed by atoms with Gasteiger partial charge in [0.15, 0.2) is 23.3 Å². The zero-order valence-electron chi connectivity index (χ0n) is 23.3. The molecular weight excluding hydrogens is 506 g/mol. The number of hydrogen-bond acceptors (Lipinski definition) is 9. The number of thiazole rings is 1. The lowest BCUT2D eigenvalue weighted by Gasteiger charge is -2.52. The lowest BCUT2D eigenvalue weighted by atomic mass is 9.59. The summed E-state index contributed by atoms with van der Waals surface area (Å²) in [5.41, 5.74) is -1.20. The predicted octanol–water partition coefficient (Wildman–Crippen LogP) is 4.25. The number of carbonyl (C=O) groups is 2. The number of carbonyl (C=O) groups excluding carboxylic acids is 2. The summed E-state index contributed by atoms with van der Waals surface area (Å²) in [4.78, 5) is 32.8. The van der Waals surface area contributed by atoms with Gasteiger partial charge in [-0.25, -0.2) is 9.78 Å². The quantitative estimate of drug-likeness (QED) is 0.446. The van der Waals surface area contributed by atoms with E-state index in [1.807, 2.05) is 19.1 Å². The first kappa shape index (κ1) is 26.2. The van der Waals surface area contributed by atoms with Gasteiger partial charge in [-0.3, -0.25) is 4.79 Å². The molecule has 6 rings (SSSR count). The van der Waals surface area contributed by atoms with Crippen molar-refractivity contribution in [1.82, 2.24) is 4.98 Å². The number of ketones is 1. The van der Waals surface area contributed by atoms with Crippen LogP contribution >= 0.6 is 11.3 Å². The van der Waals surface area contributed by atoms with E-state index < -0.39 is 35.0 Å². The second kappa shape index (κ2) is 7.99. The maximum Gasteiger partial charge on any atom is 0.351 e. The summed E-state index contributed by atoms with van der Waals surface area (Å²) in [6, 6.07) is 0. The van der Waals surface area contributed by atoms with Crippen LogP contribution in [-0.2, 0) is 19.0 Å². The normalized spacial score (nSPS) is 42.0. The average molecular weight is 544 g/mol. The zero-order valence-corrected chi connectivity index (χ0v) is 24.1. The minimum atomic E-state index is -1.84. The van der Waals surface area contributed by atoms with Crippen LogP contribution in [0.1, 0.15) is 63.3 Å². The number of rotatable bonds is 3. The molecule has 0 amide bonds. The number of fused-ring (bicyclic) bond motifs is 5. The fourth-order valence-corrected chi connectivity index (χ4v) is 8.87. The third-order valence-corrected chi connectivity index (χ3v) is 11.1. The van der Waals surface area contributed by atoms with Crippen molar-refractivity contribution in [2.75, 3.05) is 13.7 Å². The summed E-state index contributed by atoms with van der Waals surface area (Å²) >= 11 is 1.10. The average Bonchev–Trinajstić information content (AvgIpc) is 3.11. The predicted molar refractivity (Wildman–Crippen MR) is 140 cm³/mol. The Balaban J connectivity index is 1.51. The molecule has 1 aromatic rings. The van der Waals surface area contributed by atoms with Gasteiger partial charge in [-0.05, 0) is 68.4 Å². The van der Waals surface area contributed by atoms with E-state index in [1.54, 1.807) is 20.8 Å². The molecule has 5 aliphatic rings. The highest BCUT2D eigenvalue weighted by molar-refractivity contribution is 7.15. The molecule has 9 heteroatoms. The number of Topliss-reactive ketones (excluding diaryl/α,β-unsaturated/α-hetero) is 1. The molecule has 3 fully saturated rings. The van der Waals surface area contributed by atoms with Crippen molar-refractivity contribution in [2.24, 2.45) is 34.5 Å². The molecule has 2 saturated carbocycles. The number of aliphatic hydroxyl groups is 1. The van der Waals surface area contributed by atoms with E-state index >= 15 is 0 Å². The first-order chi connectivity index (χ1) is 17.7. The fraction of sp³-hybridized carbons (Fsp3) is 0.690. The lowest BCUT2D eigenvalue weighted by Crippen LogP contribution is -2.68. The molecule has 1 spiro atoms. The van der Waals surface area contributed by atoms with Crippen molar-refractivity contribution in [3.63, 3.8) is 0 Å². The zero-order chi connectivity index (χ0) is 27.6. The lowest BCUT2D eigenvalue weighted by molar-refractivity contribution is -0.302. The number of aromatic nitrogens is 1. The summed E-state index contributed by atoms with van der Waals surface area (Å²) < 4.78 is 23.9. The largest absolute Gasteiger partial charge is 0.473 e. The Kier molecular flexibility index (Phi) is 5.50. The Morgan fingerprint density at radius 3 is 2.61 bits per heavy atom. The van der Waals surface area contributed by atoms with Gasteiger partial charge in [-0.15, -0.1) is 0 Å². The smallest absolute Gasteiger partial charge is 0.351 e. The maximum atomic E-state index is 14.7. The Bertz CT molecular complexity index is 1290. The molecular formula is C29H37NO7S. The van der Waals surface area contributed by atoms with Crippen molar-refractivity contribution in [1.29, 1.82) is 0 Å². The number of esters is 1. The van der Waals surface area contributed by atoms with Gasteiger partial charge in [-0.2, -0.15) is 0 Å². The highest BCUT2D eigenvalue weighted by atomic mass is 32.1. The monoisotopic (exact) mass is 543 g/mol. The second-order valence-electron chi connectivity index (χ2n) is 12.9. The molecule has 2 heterocycles. The minimum Gasteiger partial charge on any atom is -0.473 e. The van der Waals surface area contributed by atoms with Crippen molar-refractivity contribution in [3.05, 3.63) is 33.9 Å². The van der Waals surface area contributed by atoms with Gasteiger partial charge in [0.1, 0.15) is 11.0 Å². The molecule has 2 bridgehead atoms. The van der Waals surface area contributed by atoms with Crippen LogP contribution in [0.2, 0.25) is 0 Å². The van der Waals surface area contributed by atoms with Crippen LogP contribution in [0.15, 0.2) is 23.3 Å². The van der Waals surface area contributed by atoms with Crippen LogP contribution in [0.3, 0.4) is 0 Å².